The van der Waals surface area contributed by atoms with Gasteiger partial charge in [0.1, 0.15) is 0 Å². The molecule has 0 amide bonds. The Labute approximate surface area is 73.6 Å². The van der Waals surface area contributed by atoms with Gasteiger partial charge in [-0.15, -0.1) is 0 Å². The Bertz CT molecular complexity index is 298. The molecule has 0 aromatic heterocycles. The molecule has 0 saturated heterocycles. The summed E-state index contributed by atoms with van der Waals surface area (Å²) < 4.78 is 0. The molecule has 0 heterocycles. The summed E-state index contributed by atoms with van der Waals surface area (Å²) in [4.78, 5) is 0. The summed E-state index contributed by atoms with van der Waals surface area (Å²) in [5, 5.41) is 0. The SMILES string of the molecule is Cc1ccc(C#C[C@@H](C)N)cc1. The Morgan fingerprint density at radius 2 is 1.83 bits per heavy atom. The van der Waals surface area contributed by atoms with Gasteiger partial charge in [0.05, 0.1) is 6.04 Å². The Hall–Kier alpha value is -1.26. The van der Waals surface area contributed by atoms with Crippen molar-refractivity contribution in [3.8, 4) is 11.8 Å². The molecule has 0 aliphatic carbocycles. The minimum Gasteiger partial charge on any atom is -0.318 e. The van der Waals surface area contributed by atoms with Crippen LogP contribution in [0, 0.1) is 18.8 Å². The molecular weight excluding hydrogens is 146 g/mol. The fourth-order valence-corrected chi connectivity index (χ4v) is 0.834. The van der Waals surface area contributed by atoms with Gasteiger partial charge in [0.25, 0.3) is 0 Å². The number of hydrogen-bond acceptors (Lipinski definition) is 1. The van der Waals surface area contributed by atoms with Crippen molar-refractivity contribution in [2.24, 2.45) is 5.73 Å². The van der Waals surface area contributed by atoms with Gasteiger partial charge in [-0.25, -0.2) is 0 Å². The summed E-state index contributed by atoms with van der Waals surface area (Å²) >= 11 is 0. The second-order valence-electron chi connectivity index (χ2n) is 2.92. The summed E-state index contributed by atoms with van der Waals surface area (Å²) in [6.45, 7) is 3.93. The zero-order valence-electron chi connectivity index (χ0n) is 7.46. The maximum atomic E-state index is 5.50. The van der Waals surface area contributed by atoms with E-state index in [1.54, 1.807) is 0 Å². The van der Waals surface area contributed by atoms with E-state index in [2.05, 4.69) is 18.8 Å². The van der Waals surface area contributed by atoms with E-state index in [-0.39, 0.29) is 6.04 Å². The lowest BCUT2D eigenvalue weighted by Gasteiger charge is -1.92. The van der Waals surface area contributed by atoms with Crippen molar-refractivity contribution in [2.75, 3.05) is 0 Å². The molecule has 0 radical (unpaired) electrons. The highest BCUT2D eigenvalue weighted by molar-refractivity contribution is 5.36. The maximum absolute atomic E-state index is 5.50. The number of benzene rings is 1. The van der Waals surface area contributed by atoms with E-state index in [4.69, 9.17) is 5.73 Å². The van der Waals surface area contributed by atoms with Crippen LogP contribution in [-0.4, -0.2) is 6.04 Å². The molecule has 1 aromatic rings. The van der Waals surface area contributed by atoms with Gasteiger partial charge in [0, 0.05) is 5.56 Å². The van der Waals surface area contributed by atoms with Gasteiger partial charge in [-0.05, 0) is 26.0 Å². The van der Waals surface area contributed by atoms with Crippen LogP contribution in [0.2, 0.25) is 0 Å². The van der Waals surface area contributed by atoms with E-state index in [0.29, 0.717) is 0 Å². The van der Waals surface area contributed by atoms with Crippen molar-refractivity contribution in [3.63, 3.8) is 0 Å². The summed E-state index contributed by atoms with van der Waals surface area (Å²) in [5.74, 6) is 5.91. The van der Waals surface area contributed by atoms with Crippen molar-refractivity contribution in [2.45, 2.75) is 19.9 Å². The highest BCUT2D eigenvalue weighted by Crippen LogP contribution is 2.00. The van der Waals surface area contributed by atoms with Crippen LogP contribution in [-0.2, 0) is 0 Å². The minimum absolute atomic E-state index is 0.0497. The third kappa shape index (κ3) is 2.77. The average Bonchev–Trinajstić information content (AvgIpc) is 2.03. The van der Waals surface area contributed by atoms with E-state index in [9.17, 15) is 0 Å². The average molecular weight is 159 g/mol. The fraction of sp³-hybridized carbons (Fsp3) is 0.273. The number of hydrogen-bond donors (Lipinski definition) is 1. The topological polar surface area (TPSA) is 26.0 Å². The van der Waals surface area contributed by atoms with Gasteiger partial charge >= 0.3 is 0 Å². The van der Waals surface area contributed by atoms with Crippen LogP contribution in [0.5, 0.6) is 0 Å². The lowest BCUT2D eigenvalue weighted by molar-refractivity contribution is 0.959. The third-order valence-electron chi connectivity index (χ3n) is 1.50. The summed E-state index contributed by atoms with van der Waals surface area (Å²) in [6, 6.07) is 8.05. The predicted octanol–water partition coefficient (Wildman–Crippen LogP) is 1.69. The Balaban J connectivity index is 2.79. The first-order chi connectivity index (χ1) is 5.68. The van der Waals surface area contributed by atoms with Crippen LogP contribution in [0.4, 0.5) is 0 Å². The van der Waals surface area contributed by atoms with E-state index in [0.717, 1.165) is 5.56 Å². The Morgan fingerprint density at radius 3 is 2.33 bits per heavy atom. The molecule has 0 saturated carbocycles. The molecular formula is C11H13N. The van der Waals surface area contributed by atoms with Crippen LogP contribution in [0.1, 0.15) is 18.1 Å². The zero-order valence-corrected chi connectivity index (χ0v) is 7.46. The molecule has 1 atom stereocenters. The molecule has 0 fully saturated rings. The quantitative estimate of drug-likeness (QED) is 0.573. The molecule has 0 unspecified atom stereocenters. The molecule has 1 nitrogen and oxygen atoms in total. The summed E-state index contributed by atoms with van der Waals surface area (Å²) in [7, 11) is 0. The fourth-order valence-electron chi connectivity index (χ4n) is 0.834. The standard InChI is InChI=1S/C11H13N/c1-9-3-6-11(7-4-9)8-5-10(2)12/h3-4,6-7,10H,12H2,1-2H3/t10-/m1/s1. The van der Waals surface area contributed by atoms with Crippen molar-refractivity contribution >= 4 is 0 Å². The zero-order chi connectivity index (χ0) is 8.97. The predicted molar refractivity (Wildman–Crippen MR) is 51.7 cm³/mol. The van der Waals surface area contributed by atoms with Crippen LogP contribution in [0.25, 0.3) is 0 Å². The number of nitrogens with two attached hydrogens (primary N) is 1. The first-order valence-electron chi connectivity index (χ1n) is 4.02. The number of aryl methyl sites for hydroxylation is 1. The van der Waals surface area contributed by atoms with Gasteiger partial charge in [0.15, 0.2) is 0 Å². The minimum atomic E-state index is -0.0497. The molecule has 1 rings (SSSR count). The molecule has 1 aromatic carbocycles. The van der Waals surface area contributed by atoms with Gasteiger partial charge in [-0.3, -0.25) is 0 Å². The second-order valence-corrected chi connectivity index (χ2v) is 2.92. The van der Waals surface area contributed by atoms with Gasteiger partial charge in [-0.2, -0.15) is 0 Å². The van der Waals surface area contributed by atoms with Crippen LogP contribution >= 0.6 is 0 Å². The Morgan fingerprint density at radius 1 is 1.25 bits per heavy atom. The van der Waals surface area contributed by atoms with E-state index in [1.807, 2.05) is 31.2 Å². The van der Waals surface area contributed by atoms with Crippen LogP contribution < -0.4 is 5.73 Å². The normalized spacial score (nSPS) is 11.6. The van der Waals surface area contributed by atoms with Crippen molar-refractivity contribution in [1.29, 1.82) is 0 Å². The van der Waals surface area contributed by atoms with Crippen molar-refractivity contribution in [1.82, 2.24) is 0 Å². The third-order valence-corrected chi connectivity index (χ3v) is 1.50. The smallest absolute Gasteiger partial charge is 0.0639 e. The Kier molecular flexibility index (Phi) is 2.90. The second kappa shape index (κ2) is 3.94. The van der Waals surface area contributed by atoms with E-state index in [1.165, 1.54) is 5.56 Å². The van der Waals surface area contributed by atoms with Crippen molar-refractivity contribution < 1.29 is 0 Å². The van der Waals surface area contributed by atoms with E-state index >= 15 is 0 Å². The molecule has 1 heteroatoms. The lowest BCUT2D eigenvalue weighted by atomic mass is 10.1. The van der Waals surface area contributed by atoms with Crippen molar-refractivity contribution in [3.05, 3.63) is 35.4 Å². The van der Waals surface area contributed by atoms with Gasteiger partial charge in [0.2, 0.25) is 0 Å². The van der Waals surface area contributed by atoms with Gasteiger partial charge < -0.3 is 5.73 Å². The highest BCUT2D eigenvalue weighted by atomic mass is 14.6. The lowest BCUT2D eigenvalue weighted by Crippen LogP contribution is -2.10. The monoisotopic (exact) mass is 159 g/mol. The summed E-state index contributed by atoms with van der Waals surface area (Å²) in [6.07, 6.45) is 0. The first-order valence-corrected chi connectivity index (χ1v) is 4.02. The van der Waals surface area contributed by atoms with Gasteiger partial charge in [-0.1, -0.05) is 29.5 Å². The molecule has 62 valence electrons. The number of rotatable bonds is 0. The first kappa shape index (κ1) is 8.83. The largest absolute Gasteiger partial charge is 0.318 e. The summed E-state index contributed by atoms with van der Waals surface area (Å²) in [5.41, 5.74) is 7.77. The molecule has 0 aliphatic heterocycles. The van der Waals surface area contributed by atoms with Crippen LogP contribution in [0.3, 0.4) is 0 Å². The molecule has 0 aliphatic rings. The maximum Gasteiger partial charge on any atom is 0.0639 e. The molecule has 0 bridgehead atoms. The van der Waals surface area contributed by atoms with E-state index < -0.39 is 0 Å². The highest BCUT2D eigenvalue weighted by Gasteiger charge is 1.86. The molecule has 2 N–H and O–H groups in total. The molecule has 12 heavy (non-hydrogen) atoms. The molecule has 0 spiro atoms. The van der Waals surface area contributed by atoms with Crippen LogP contribution in [0.15, 0.2) is 24.3 Å².